The highest BCUT2D eigenvalue weighted by Crippen LogP contribution is 2.39. The Kier molecular flexibility index (Phi) is 24.8. The molecule has 2 unspecified atom stereocenters. The van der Waals surface area contributed by atoms with E-state index in [-0.39, 0.29) is 16.9 Å². The first-order valence-electron chi connectivity index (χ1n) is 14.5. The van der Waals surface area contributed by atoms with Gasteiger partial charge in [0.25, 0.3) is 0 Å². The van der Waals surface area contributed by atoms with Gasteiger partial charge in [0.2, 0.25) is 5.91 Å². The molecule has 1 aromatic carbocycles. The van der Waals surface area contributed by atoms with E-state index < -0.39 is 0 Å². The van der Waals surface area contributed by atoms with Gasteiger partial charge in [-0.25, -0.2) is 0 Å². The van der Waals surface area contributed by atoms with E-state index in [0.717, 1.165) is 44.4 Å². The van der Waals surface area contributed by atoms with E-state index in [0.29, 0.717) is 5.92 Å². The maximum atomic E-state index is 12.8. The number of hydrogen-bond donors (Lipinski definition) is 1. The van der Waals surface area contributed by atoms with E-state index in [1.165, 1.54) is 18.4 Å². The lowest BCUT2D eigenvalue weighted by Gasteiger charge is -2.39. The number of carbonyl (C=O) groups is 1. The molecule has 206 valence electrons. The van der Waals surface area contributed by atoms with Crippen molar-refractivity contribution in [3.63, 3.8) is 0 Å². The van der Waals surface area contributed by atoms with Crippen molar-refractivity contribution in [1.82, 2.24) is 5.32 Å². The molecule has 2 nitrogen and oxygen atoms in total. The summed E-state index contributed by atoms with van der Waals surface area (Å²) in [6.45, 7) is 29.1. The van der Waals surface area contributed by atoms with Crippen molar-refractivity contribution < 1.29 is 4.79 Å². The van der Waals surface area contributed by atoms with Gasteiger partial charge >= 0.3 is 0 Å². The normalized spacial score (nSPS) is 12.9. The van der Waals surface area contributed by atoms with E-state index in [4.69, 9.17) is 0 Å². The molecule has 2 atom stereocenters. The highest BCUT2D eigenvalue weighted by Gasteiger charge is 2.40. The van der Waals surface area contributed by atoms with Crippen LogP contribution in [0.2, 0.25) is 0 Å². The van der Waals surface area contributed by atoms with Gasteiger partial charge in [0.05, 0.1) is 0 Å². The van der Waals surface area contributed by atoms with Crippen LogP contribution in [0.4, 0.5) is 0 Å². The summed E-state index contributed by atoms with van der Waals surface area (Å²) in [7, 11) is 0. The van der Waals surface area contributed by atoms with Gasteiger partial charge < -0.3 is 5.32 Å². The molecule has 1 amide bonds. The van der Waals surface area contributed by atoms with Crippen LogP contribution >= 0.6 is 0 Å². The molecule has 0 heterocycles. The quantitative estimate of drug-likeness (QED) is 0.291. The summed E-state index contributed by atoms with van der Waals surface area (Å²) >= 11 is 0. The Hall–Kier alpha value is -1.57. The molecular formula is C33H63NO. The van der Waals surface area contributed by atoms with Crippen molar-refractivity contribution in [3.8, 4) is 0 Å². The van der Waals surface area contributed by atoms with Crippen molar-refractivity contribution in [2.45, 2.75) is 146 Å². The summed E-state index contributed by atoms with van der Waals surface area (Å²) < 4.78 is 0. The zero-order chi connectivity index (χ0) is 27.9. The number of allylic oxidation sites excluding steroid dienone is 1. The minimum Gasteiger partial charge on any atom is -0.351 e. The van der Waals surface area contributed by atoms with Gasteiger partial charge in [-0.05, 0) is 70.3 Å². The number of nitrogens with one attached hydrogen (secondary N) is 1. The molecule has 0 aromatic heterocycles. The first kappa shape index (κ1) is 38.0. The van der Waals surface area contributed by atoms with Crippen LogP contribution in [-0.2, 0) is 4.79 Å². The third kappa shape index (κ3) is 17.5. The summed E-state index contributed by atoms with van der Waals surface area (Å²) in [5, 5.41) is 3.19. The molecule has 1 N–H and O–H groups in total. The monoisotopic (exact) mass is 489 g/mol. The Labute approximate surface area is 221 Å². The van der Waals surface area contributed by atoms with Gasteiger partial charge in [-0.1, -0.05) is 118 Å². The molecule has 0 bridgehead atoms. The summed E-state index contributed by atoms with van der Waals surface area (Å²) in [4.78, 5) is 12.8. The minimum absolute atomic E-state index is 0.171. The van der Waals surface area contributed by atoms with Crippen LogP contribution in [0.5, 0.6) is 0 Å². The Morgan fingerprint density at radius 1 is 0.886 bits per heavy atom. The van der Waals surface area contributed by atoms with E-state index in [1.807, 2.05) is 54.5 Å². The second-order valence-electron chi connectivity index (χ2n) is 10.3. The first-order chi connectivity index (χ1) is 16.6. The van der Waals surface area contributed by atoms with Crippen LogP contribution < -0.4 is 5.32 Å². The van der Waals surface area contributed by atoms with Crippen LogP contribution in [0.25, 0.3) is 0 Å². The molecule has 2 heteroatoms. The maximum absolute atomic E-state index is 12.8. The molecule has 0 fully saturated rings. The van der Waals surface area contributed by atoms with E-state index >= 15 is 0 Å². The SMILES string of the molecule is C=CCCC(C)(C(=O)NC(C)(C)C)C(CCC)CCC.CC.CC.CCCC(C)c1ccccc1. The molecule has 0 aliphatic heterocycles. The average Bonchev–Trinajstić information content (AvgIpc) is 2.85. The molecule has 35 heavy (non-hydrogen) atoms. The minimum atomic E-state index is -0.284. The molecule has 0 saturated heterocycles. The summed E-state index contributed by atoms with van der Waals surface area (Å²) in [5.74, 6) is 1.39. The second kappa shape index (κ2) is 22.9. The van der Waals surface area contributed by atoms with E-state index in [2.05, 4.69) is 76.8 Å². The fourth-order valence-corrected chi connectivity index (χ4v) is 4.25. The van der Waals surface area contributed by atoms with E-state index in [9.17, 15) is 4.79 Å². The van der Waals surface area contributed by atoms with Crippen LogP contribution in [0, 0.1) is 11.3 Å². The number of rotatable bonds is 12. The number of hydrogen-bond acceptors (Lipinski definition) is 1. The number of amides is 1. The Bertz CT molecular complexity index is 595. The van der Waals surface area contributed by atoms with Crippen molar-refractivity contribution >= 4 is 5.91 Å². The lowest BCUT2D eigenvalue weighted by atomic mass is 9.69. The van der Waals surface area contributed by atoms with Crippen molar-refractivity contribution in [2.24, 2.45) is 11.3 Å². The average molecular weight is 490 g/mol. The zero-order valence-electron chi connectivity index (χ0n) is 25.9. The van der Waals surface area contributed by atoms with Gasteiger partial charge in [0, 0.05) is 11.0 Å². The summed E-state index contributed by atoms with van der Waals surface area (Å²) in [6.07, 6.45) is 10.8. The molecule has 1 rings (SSSR count). The molecule has 0 saturated carbocycles. The van der Waals surface area contributed by atoms with Crippen molar-refractivity contribution in [3.05, 3.63) is 48.6 Å². The summed E-state index contributed by atoms with van der Waals surface area (Å²) in [5.41, 5.74) is 1.01. The predicted molar refractivity (Wildman–Crippen MR) is 161 cm³/mol. The fraction of sp³-hybridized carbons (Fsp3) is 0.727. The number of carbonyl (C=O) groups excluding carboxylic acids is 1. The maximum Gasteiger partial charge on any atom is 0.226 e. The van der Waals surface area contributed by atoms with Crippen molar-refractivity contribution in [2.75, 3.05) is 0 Å². The molecule has 1 aromatic rings. The van der Waals surface area contributed by atoms with Gasteiger partial charge in [-0.15, -0.1) is 6.58 Å². The van der Waals surface area contributed by atoms with Crippen LogP contribution in [0.15, 0.2) is 43.0 Å². The standard InChI is InChI=1S/C18H35NO.C11H16.2C2H6/c1-8-11-14-18(7,15(12-9-2)13-10-3)16(20)19-17(4,5)6;1-3-7-10(2)11-8-5-4-6-9-11;2*1-2/h8,15H,1,9-14H2,2-7H3,(H,19,20);4-6,8-10H,3,7H2,1-2H3;2*1-2H3. The largest absolute Gasteiger partial charge is 0.351 e. The van der Waals surface area contributed by atoms with E-state index in [1.54, 1.807) is 0 Å². The highest BCUT2D eigenvalue weighted by molar-refractivity contribution is 5.83. The lowest BCUT2D eigenvalue weighted by molar-refractivity contribution is -0.135. The van der Waals surface area contributed by atoms with Crippen LogP contribution in [0.1, 0.15) is 146 Å². The second-order valence-corrected chi connectivity index (χ2v) is 10.3. The molecular weight excluding hydrogens is 426 g/mol. The third-order valence-electron chi connectivity index (χ3n) is 6.14. The third-order valence-corrected chi connectivity index (χ3v) is 6.14. The highest BCUT2D eigenvalue weighted by atomic mass is 16.2. The Morgan fingerprint density at radius 2 is 1.34 bits per heavy atom. The van der Waals surface area contributed by atoms with Gasteiger partial charge in [-0.3, -0.25) is 4.79 Å². The molecule has 0 radical (unpaired) electrons. The molecule has 0 spiro atoms. The lowest BCUT2D eigenvalue weighted by Crippen LogP contribution is -2.50. The topological polar surface area (TPSA) is 29.1 Å². The van der Waals surface area contributed by atoms with Crippen LogP contribution in [-0.4, -0.2) is 11.4 Å². The number of benzene rings is 1. The Balaban J connectivity index is -0.000000571. The molecule has 0 aliphatic carbocycles. The zero-order valence-corrected chi connectivity index (χ0v) is 25.9. The smallest absolute Gasteiger partial charge is 0.226 e. The molecule has 0 aliphatic rings. The summed E-state index contributed by atoms with van der Waals surface area (Å²) in [6, 6.07) is 10.7. The van der Waals surface area contributed by atoms with Gasteiger partial charge in [0.1, 0.15) is 0 Å². The van der Waals surface area contributed by atoms with Gasteiger partial charge in [0.15, 0.2) is 0 Å². The fourth-order valence-electron chi connectivity index (χ4n) is 4.25. The van der Waals surface area contributed by atoms with Crippen LogP contribution in [0.3, 0.4) is 0 Å². The van der Waals surface area contributed by atoms with Crippen molar-refractivity contribution in [1.29, 1.82) is 0 Å². The predicted octanol–water partition coefficient (Wildman–Crippen LogP) is 10.7. The first-order valence-corrected chi connectivity index (χ1v) is 14.5. The van der Waals surface area contributed by atoms with Gasteiger partial charge in [-0.2, -0.15) is 0 Å². The Morgan fingerprint density at radius 3 is 1.71 bits per heavy atom.